The van der Waals surface area contributed by atoms with E-state index in [0.29, 0.717) is 5.56 Å². The zero-order chi connectivity index (χ0) is 13.1. The van der Waals surface area contributed by atoms with E-state index in [1.54, 1.807) is 30.3 Å². The Morgan fingerprint density at radius 3 is 2.18 bits per heavy atom. The molecule has 5 heteroatoms. The van der Waals surface area contributed by atoms with E-state index < -0.39 is 17.7 Å². The van der Waals surface area contributed by atoms with Crippen LogP contribution in [0.5, 0.6) is 0 Å². The van der Waals surface area contributed by atoms with Crippen molar-refractivity contribution in [1.82, 2.24) is 4.90 Å². The quantitative estimate of drug-likeness (QED) is 0.868. The van der Waals surface area contributed by atoms with Crippen LogP contribution in [0.2, 0.25) is 0 Å². The van der Waals surface area contributed by atoms with Crippen LogP contribution in [0.3, 0.4) is 0 Å². The molecule has 5 nitrogen and oxygen atoms in total. The summed E-state index contributed by atoms with van der Waals surface area (Å²) in [5.41, 5.74) is -1.26. The first-order chi connectivity index (χ1) is 7.88. The number of benzene rings is 1. The van der Waals surface area contributed by atoms with Gasteiger partial charge < -0.3 is 14.7 Å². The number of carboxylic acids is 1. The molecule has 0 saturated carbocycles. The third-order valence-corrected chi connectivity index (χ3v) is 2.39. The molecule has 0 aliphatic heterocycles. The van der Waals surface area contributed by atoms with E-state index in [9.17, 15) is 14.7 Å². The highest BCUT2D eigenvalue weighted by molar-refractivity contribution is 5.82. The molecule has 1 aromatic carbocycles. The molecule has 0 radical (unpaired) electrons. The highest BCUT2D eigenvalue weighted by atomic mass is 16.6. The maximum Gasteiger partial charge on any atom is 0.410 e. The van der Waals surface area contributed by atoms with Crippen molar-refractivity contribution in [3.05, 3.63) is 35.9 Å². The molecule has 0 bridgehead atoms. The van der Waals surface area contributed by atoms with Crippen molar-refractivity contribution in [2.45, 2.75) is 12.5 Å². The molecule has 0 saturated heterocycles. The topological polar surface area (TPSA) is 66.8 Å². The minimum Gasteiger partial charge on any atom is -0.478 e. The normalized spacial score (nSPS) is 13.6. The second-order valence-electron chi connectivity index (χ2n) is 3.97. The lowest BCUT2D eigenvalue weighted by atomic mass is 9.96. The number of amides is 1. The molecule has 17 heavy (non-hydrogen) atoms. The van der Waals surface area contributed by atoms with Gasteiger partial charge in [-0.2, -0.15) is 0 Å². The van der Waals surface area contributed by atoms with Crippen molar-refractivity contribution >= 4 is 12.1 Å². The van der Waals surface area contributed by atoms with Crippen LogP contribution in [-0.2, 0) is 15.1 Å². The molecule has 0 fully saturated rings. The van der Waals surface area contributed by atoms with Crippen LogP contribution in [0.1, 0.15) is 12.5 Å². The van der Waals surface area contributed by atoms with Crippen LogP contribution in [0, 0.1) is 0 Å². The molecular formula is C12H15NO4. The lowest BCUT2D eigenvalue weighted by molar-refractivity contribution is -0.158. The first-order valence-corrected chi connectivity index (χ1v) is 5.07. The van der Waals surface area contributed by atoms with Crippen molar-refractivity contribution in [3.63, 3.8) is 0 Å². The Morgan fingerprint density at radius 1 is 1.24 bits per heavy atom. The average Bonchev–Trinajstić information content (AvgIpc) is 2.29. The third-order valence-electron chi connectivity index (χ3n) is 2.39. The molecular weight excluding hydrogens is 222 g/mol. The molecule has 1 rings (SSSR count). The molecule has 0 spiro atoms. The Bertz CT molecular complexity index is 416. The average molecular weight is 237 g/mol. The third kappa shape index (κ3) is 2.75. The number of rotatable bonds is 3. The number of carbonyl (C=O) groups is 2. The second kappa shape index (κ2) is 4.86. The summed E-state index contributed by atoms with van der Waals surface area (Å²) in [4.78, 5) is 23.9. The van der Waals surface area contributed by atoms with Crippen LogP contribution < -0.4 is 0 Å². The van der Waals surface area contributed by atoms with Gasteiger partial charge in [0.25, 0.3) is 0 Å². The molecule has 0 heterocycles. The van der Waals surface area contributed by atoms with Crippen LogP contribution in [-0.4, -0.2) is 36.2 Å². The van der Waals surface area contributed by atoms with Crippen molar-refractivity contribution in [2.24, 2.45) is 0 Å². The summed E-state index contributed by atoms with van der Waals surface area (Å²) >= 11 is 0. The van der Waals surface area contributed by atoms with Gasteiger partial charge in [0.2, 0.25) is 5.60 Å². The van der Waals surface area contributed by atoms with Crippen LogP contribution in [0.4, 0.5) is 4.79 Å². The fourth-order valence-corrected chi connectivity index (χ4v) is 1.25. The summed E-state index contributed by atoms with van der Waals surface area (Å²) in [5.74, 6) is -1.21. The van der Waals surface area contributed by atoms with Gasteiger partial charge in [0.1, 0.15) is 0 Å². The predicted molar refractivity (Wildman–Crippen MR) is 61.6 cm³/mol. The van der Waals surface area contributed by atoms with Gasteiger partial charge in [-0.3, -0.25) is 0 Å². The molecule has 92 valence electrons. The molecule has 1 N–H and O–H groups in total. The fourth-order valence-electron chi connectivity index (χ4n) is 1.25. The molecule has 0 aliphatic carbocycles. The summed E-state index contributed by atoms with van der Waals surface area (Å²) < 4.78 is 5.03. The Balaban J connectivity index is 3.07. The van der Waals surface area contributed by atoms with Gasteiger partial charge in [0, 0.05) is 19.7 Å². The van der Waals surface area contributed by atoms with Gasteiger partial charge >= 0.3 is 12.1 Å². The van der Waals surface area contributed by atoms with Crippen LogP contribution in [0.25, 0.3) is 0 Å². The largest absolute Gasteiger partial charge is 0.478 e. The van der Waals surface area contributed by atoms with E-state index in [4.69, 9.17) is 4.74 Å². The number of ether oxygens (including phenoxy) is 1. The number of carboxylic acid groups (broad SMARTS) is 1. The van der Waals surface area contributed by atoms with Gasteiger partial charge in [-0.25, -0.2) is 9.59 Å². The minimum absolute atomic E-state index is 0.419. The molecule has 1 atom stereocenters. The minimum atomic E-state index is -1.68. The van der Waals surface area contributed by atoms with E-state index in [1.165, 1.54) is 25.9 Å². The maximum absolute atomic E-state index is 11.5. The van der Waals surface area contributed by atoms with Gasteiger partial charge in [-0.15, -0.1) is 0 Å². The lowest BCUT2D eigenvalue weighted by Gasteiger charge is -2.27. The van der Waals surface area contributed by atoms with Gasteiger partial charge in [0.15, 0.2) is 0 Å². The van der Waals surface area contributed by atoms with Crippen molar-refractivity contribution < 1.29 is 19.4 Å². The Kier molecular flexibility index (Phi) is 3.73. The van der Waals surface area contributed by atoms with Gasteiger partial charge in [-0.05, 0) is 6.92 Å². The van der Waals surface area contributed by atoms with E-state index >= 15 is 0 Å². The Morgan fingerprint density at radius 2 is 1.76 bits per heavy atom. The summed E-state index contributed by atoms with van der Waals surface area (Å²) in [7, 11) is 2.99. The number of carbonyl (C=O) groups excluding carboxylic acids is 1. The molecule has 0 aromatic heterocycles. The van der Waals surface area contributed by atoms with E-state index in [0.717, 1.165) is 0 Å². The monoisotopic (exact) mass is 237 g/mol. The summed E-state index contributed by atoms with van der Waals surface area (Å²) in [5, 5.41) is 9.22. The predicted octanol–water partition coefficient (Wildman–Crippen LogP) is 1.68. The van der Waals surface area contributed by atoms with Crippen molar-refractivity contribution in [1.29, 1.82) is 0 Å². The zero-order valence-electron chi connectivity index (χ0n) is 10.0. The number of aliphatic carboxylic acids is 1. The lowest BCUT2D eigenvalue weighted by Crippen LogP contribution is -2.40. The molecule has 0 aliphatic rings. The maximum atomic E-state index is 11.5. The SMILES string of the molecule is CN(C)C(=O)OC(C)(C(=O)O)c1ccccc1. The second-order valence-corrected chi connectivity index (χ2v) is 3.97. The highest BCUT2D eigenvalue weighted by Gasteiger charge is 2.39. The number of hydrogen-bond donors (Lipinski definition) is 1. The van der Waals surface area contributed by atoms with E-state index in [-0.39, 0.29) is 0 Å². The molecule has 1 amide bonds. The van der Waals surface area contributed by atoms with Gasteiger partial charge in [0.05, 0.1) is 0 Å². The summed E-state index contributed by atoms with van der Waals surface area (Å²) in [6.07, 6.45) is -0.696. The van der Waals surface area contributed by atoms with Crippen LogP contribution >= 0.6 is 0 Å². The van der Waals surface area contributed by atoms with E-state index in [1.807, 2.05) is 0 Å². The molecule has 1 aromatic rings. The van der Waals surface area contributed by atoms with Gasteiger partial charge in [-0.1, -0.05) is 30.3 Å². The first kappa shape index (κ1) is 13.0. The first-order valence-electron chi connectivity index (χ1n) is 5.07. The highest BCUT2D eigenvalue weighted by Crippen LogP contribution is 2.26. The fraction of sp³-hybridized carbons (Fsp3) is 0.333. The number of hydrogen-bond acceptors (Lipinski definition) is 3. The standard InChI is InChI=1S/C12H15NO4/c1-12(10(14)15,17-11(16)13(2)3)9-7-5-4-6-8-9/h4-8H,1-3H3,(H,14,15). The smallest absolute Gasteiger partial charge is 0.410 e. The molecule has 1 unspecified atom stereocenters. The van der Waals surface area contributed by atoms with Crippen LogP contribution in [0.15, 0.2) is 30.3 Å². The Labute approximate surface area is 99.6 Å². The summed E-state index contributed by atoms with van der Waals surface area (Å²) in [6.45, 7) is 1.35. The van der Waals surface area contributed by atoms with E-state index in [2.05, 4.69) is 0 Å². The number of nitrogens with zero attached hydrogens (tertiary/aromatic N) is 1. The van der Waals surface area contributed by atoms with Crippen molar-refractivity contribution in [2.75, 3.05) is 14.1 Å². The van der Waals surface area contributed by atoms with Crippen molar-refractivity contribution in [3.8, 4) is 0 Å². The Hall–Kier alpha value is -2.04. The summed E-state index contributed by atoms with van der Waals surface area (Å²) in [6, 6.07) is 8.37. The zero-order valence-corrected chi connectivity index (χ0v) is 10.0.